The van der Waals surface area contributed by atoms with Crippen LogP contribution in [0.2, 0.25) is 0 Å². The first-order valence-corrected chi connectivity index (χ1v) is 12.0. The van der Waals surface area contributed by atoms with Crippen LogP contribution in [0.1, 0.15) is 43.9 Å². The Balaban J connectivity index is 1.55. The topological polar surface area (TPSA) is 78.0 Å². The number of rotatable bonds is 5. The summed E-state index contributed by atoms with van der Waals surface area (Å²) in [4.78, 5) is 4.92. The highest BCUT2D eigenvalue weighted by molar-refractivity contribution is 6.06. The molecule has 3 aromatic heterocycles. The van der Waals surface area contributed by atoms with Crippen LogP contribution in [0, 0.1) is 18.8 Å². The first-order valence-electron chi connectivity index (χ1n) is 12.0. The lowest BCUT2D eigenvalue weighted by Gasteiger charge is -2.25. The van der Waals surface area contributed by atoms with Crippen molar-refractivity contribution in [2.24, 2.45) is 18.9 Å². The average molecular weight is 446 g/mol. The van der Waals surface area contributed by atoms with E-state index in [0.29, 0.717) is 11.8 Å². The maximum absolute atomic E-state index is 11.2. The molecule has 1 atom stereocenters. The number of aryl methyl sites for hydroxylation is 2. The Morgan fingerprint density at radius 3 is 2.61 bits per heavy atom. The zero-order chi connectivity index (χ0) is 22.7. The van der Waals surface area contributed by atoms with E-state index in [1.807, 2.05) is 31.8 Å². The van der Waals surface area contributed by atoms with Gasteiger partial charge in [0.05, 0.1) is 33.5 Å². The lowest BCUT2D eigenvalue weighted by molar-refractivity contribution is 0.0332. The van der Waals surface area contributed by atoms with Gasteiger partial charge in [0.25, 0.3) is 0 Å². The van der Waals surface area contributed by atoms with E-state index in [1.165, 1.54) is 0 Å². The summed E-state index contributed by atoms with van der Waals surface area (Å²) in [6.45, 7) is 6.52. The van der Waals surface area contributed by atoms with E-state index >= 15 is 0 Å². The number of aliphatic hydroxyl groups is 1. The number of fused-ring (bicyclic) bond motifs is 3. The summed E-state index contributed by atoms with van der Waals surface area (Å²) in [5.41, 5.74) is 6.40. The first-order chi connectivity index (χ1) is 15.9. The molecule has 172 valence electrons. The van der Waals surface area contributed by atoms with Crippen LogP contribution in [0.25, 0.3) is 33.2 Å². The van der Waals surface area contributed by atoms with Crippen LogP contribution in [0.3, 0.4) is 0 Å². The molecular weight excluding hydrogens is 414 g/mol. The largest absolute Gasteiger partial charge is 0.385 e. The molecule has 1 saturated carbocycles. The van der Waals surface area contributed by atoms with E-state index in [1.54, 1.807) is 0 Å². The van der Waals surface area contributed by atoms with Gasteiger partial charge in [-0.05, 0) is 69.1 Å². The van der Waals surface area contributed by atoms with Gasteiger partial charge in [-0.2, -0.15) is 0 Å². The Hall–Kier alpha value is -2.77. The minimum absolute atomic E-state index is 0.355. The van der Waals surface area contributed by atoms with Crippen LogP contribution in [0.5, 0.6) is 0 Å². The van der Waals surface area contributed by atoms with Crippen LogP contribution >= 0.6 is 0 Å². The highest BCUT2D eigenvalue weighted by Gasteiger charge is 2.41. The molecule has 1 aromatic carbocycles. The van der Waals surface area contributed by atoms with Crippen LogP contribution < -0.4 is 0 Å². The molecule has 1 saturated heterocycles. The summed E-state index contributed by atoms with van der Waals surface area (Å²) < 4.78 is 9.85. The molecular formula is C26H31N5O2. The van der Waals surface area contributed by atoms with Gasteiger partial charge in [0.2, 0.25) is 0 Å². The molecule has 1 aliphatic carbocycles. The number of aromatic nitrogens is 5. The summed E-state index contributed by atoms with van der Waals surface area (Å²) >= 11 is 0. The van der Waals surface area contributed by atoms with Crippen molar-refractivity contribution in [3.05, 3.63) is 41.7 Å². The second kappa shape index (κ2) is 7.64. The summed E-state index contributed by atoms with van der Waals surface area (Å²) in [6.07, 6.45) is 6.26. The third-order valence-corrected chi connectivity index (χ3v) is 7.71. The van der Waals surface area contributed by atoms with E-state index in [-0.39, 0.29) is 0 Å². The summed E-state index contributed by atoms with van der Waals surface area (Å²) in [5, 5.41) is 20.8. The van der Waals surface area contributed by atoms with Crippen LogP contribution in [-0.2, 0) is 23.9 Å². The Kier molecular flexibility index (Phi) is 4.82. The normalized spacial score (nSPS) is 19.4. The predicted molar refractivity (Wildman–Crippen MR) is 128 cm³/mol. The van der Waals surface area contributed by atoms with Crippen LogP contribution in [0.15, 0.2) is 30.5 Å². The molecule has 0 spiro atoms. The van der Waals surface area contributed by atoms with E-state index in [9.17, 15) is 5.11 Å². The summed E-state index contributed by atoms with van der Waals surface area (Å²) in [5.74, 6) is 0.919. The lowest BCUT2D eigenvalue weighted by atomic mass is 9.90. The second-order valence-electron chi connectivity index (χ2n) is 10.1. The first kappa shape index (κ1) is 20.8. The molecule has 2 aliphatic rings. The van der Waals surface area contributed by atoms with Gasteiger partial charge in [-0.15, -0.1) is 5.10 Å². The van der Waals surface area contributed by atoms with E-state index in [2.05, 4.69) is 39.1 Å². The molecule has 6 rings (SSSR count). The smallest absolute Gasteiger partial charge is 0.0960 e. The fourth-order valence-electron chi connectivity index (χ4n) is 5.52. The molecule has 1 unspecified atom stereocenters. The second-order valence-corrected chi connectivity index (χ2v) is 10.1. The van der Waals surface area contributed by atoms with Gasteiger partial charge in [0.15, 0.2) is 0 Å². The van der Waals surface area contributed by atoms with E-state index < -0.39 is 5.60 Å². The molecule has 4 heterocycles. The van der Waals surface area contributed by atoms with Gasteiger partial charge in [-0.25, -0.2) is 4.68 Å². The third kappa shape index (κ3) is 3.45. The van der Waals surface area contributed by atoms with E-state index in [4.69, 9.17) is 9.72 Å². The summed E-state index contributed by atoms with van der Waals surface area (Å²) in [7, 11) is 1.92. The fourth-order valence-corrected chi connectivity index (χ4v) is 5.52. The molecule has 1 aliphatic heterocycles. The van der Waals surface area contributed by atoms with Gasteiger partial charge in [-0.3, -0.25) is 4.98 Å². The fraction of sp³-hybridized carbons (Fsp3) is 0.500. The van der Waals surface area contributed by atoms with Crippen LogP contribution in [0.4, 0.5) is 0 Å². The van der Waals surface area contributed by atoms with Gasteiger partial charge in [0.1, 0.15) is 0 Å². The van der Waals surface area contributed by atoms with Crippen molar-refractivity contribution >= 4 is 21.9 Å². The zero-order valence-corrected chi connectivity index (χ0v) is 19.6. The van der Waals surface area contributed by atoms with Crippen molar-refractivity contribution in [2.45, 2.75) is 51.7 Å². The quantitative estimate of drug-likeness (QED) is 0.495. The van der Waals surface area contributed by atoms with Gasteiger partial charge < -0.3 is 14.4 Å². The molecule has 7 heteroatoms. The number of hydrogen-bond acceptors (Lipinski definition) is 5. The molecule has 33 heavy (non-hydrogen) atoms. The third-order valence-electron chi connectivity index (χ3n) is 7.71. The number of nitrogens with zero attached hydrogens (tertiary/aromatic N) is 5. The molecule has 2 fully saturated rings. The Labute approximate surface area is 193 Å². The van der Waals surface area contributed by atoms with Crippen molar-refractivity contribution in [2.75, 3.05) is 13.2 Å². The van der Waals surface area contributed by atoms with Crippen molar-refractivity contribution < 1.29 is 9.84 Å². The van der Waals surface area contributed by atoms with E-state index in [0.717, 1.165) is 89.9 Å². The highest BCUT2D eigenvalue weighted by Crippen LogP contribution is 2.46. The maximum atomic E-state index is 11.2. The Bertz CT molecular complexity index is 1320. The minimum atomic E-state index is -0.787. The number of ether oxygens (including phenoxy) is 1. The molecule has 7 nitrogen and oxygen atoms in total. The Morgan fingerprint density at radius 1 is 1.12 bits per heavy atom. The number of pyridine rings is 1. The lowest BCUT2D eigenvalue weighted by Crippen LogP contribution is -2.24. The minimum Gasteiger partial charge on any atom is -0.385 e. The van der Waals surface area contributed by atoms with Gasteiger partial charge >= 0.3 is 0 Å². The molecule has 4 aromatic rings. The van der Waals surface area contributed by atoms with Crippen molar-refractivity contribution in [3.8, 4) is 11.3 Å². The van der Waals surface area contributed by atoms with Crippen LogP contribution in [-0.4, -0.2) is 42.9 Å². The predicted octanol–water partition coefficient (Wildman–Crippen LogP) is 4.34. The summed E-state index contributed by atoms with van der Waals surface area (Å²) in [6, 6.07) is 8.66. The highest BCUT2D eigenvalue weighted by atomic mass is 16.5. The molecule has 1 N–H and O–H groups in total. The van der Waals surface area contributed by atoms with Gasteiger partial charge in [-0.1, -0.05) is 17.3 Å². The maximum Gasteiger partial charge on any atom is 0.0960 e. The monoisotopic (exact) mass is 445 g/mol. The molecule has 0 bridgehead atoms. The molecule has 0 amide bonds. The van der Waals surface area contributed by atoms with Gasteiger partial charge in [0, 0.05) is 44.0 Å². The zero-order valence-electron chi connectivity index (χ0n) is 19.6. The standard InChI is InChI=1S/C26H31N5O2/c1-16-25(30(3)29-28-16)18-12-23-24(27-14-18)21-7-6-20(26(2,32)19-4-5-19)13-22(21)31(23)15-17-8-10-33-11-9-17/h6-7,12-14,17,19,32H,4-5,8-11,15H2,1-3H3. The number of hydrogen-bond donors (Lipinski definition) is 1. The average Bonchev–Trinajstić information content (AvgIpc) is 3.58. The molecule has 0 radical (unpaired) electrons. The Morgan fingerprint density at radius 2 is 1.91 bits per heavy atom. The van der Waals surface area contributed by atoms with Crippen molar-refractivity contribution in [3.63, 3.8) is 0 Å². The number of benzene rings is 1. The van der Waals surface area contributed by atoms with Crippen molar-refractivity contribution in [1.82, 2.24) is 24.5 Å². The van der Waals surface area contributed by atoms with Crippen molar-refractivity contribution in [1.29, 1.82) is 0 Å². The SMILES string of the molecule is Cc1nnn(C)c1-c1cnc2c3ccc(C(C)(O)C4CC4)cc3n(CC3CCOCC3)c2c1.